The molecule has 0 aliphatic heterocycles. The fourth-order valence-corrected chi connectivity index (χ4v) is 2.60. The molecule has 124 valence electrons. The van der Waals surface area contributed by atoms with Crippen LogP contribution in [0.3, 0.4) is 0 Å². The van der Waals surface area contributed by atoms with E-state index in [-0.39, 0.29) is 5.69 Å². The molecule has 1 N–H and O–H groups in total. The number of nitrogens with zero attached hydrogens (tertiary/aromatic N) is 2. The Hall–Kier alpha value is -2.90. The number of halogens is 3. The molecule has 0 aromatic heterocycles. The Morgan fingerprint density at radius 1 is 1.12 bits per heavy atom. The summed E-state index contributed by atoms with van der Waals surface area (Å²) in [6.07, 6.45) is -3.16. The molecule has 3 rings (SSSR count). The number of nitro groups is 1. The lowest BCUT2D eigenvalue weighted by atomic mass is 10.1. The molecule has 0 saturated heterocycles. The number of hydrazone groups is 1. The number of fused-ring (bicyclic) bond motifs is 1. The number of hydrogen-bond acceptors (Lipinski definition) is 4. The number of aryl methyl sites for hydroxylation is 1. The molecular weight excluding hydrogens is 323 g/mol. The van der Waals surface area contributed by atoms with Gasteiger partial charge in [-0.25, -0.2) is 0 Å². The predicted molar refractivity (Wildman–Crippen MR) is 83.0 cm³/mol. The average molecular weight is 335 g/mol. The van der Waals surface area contributed by atoms with E-state index in [1.165, 1.54) is 0 Å². The maximum Gasteiger partial charge on any atom is 0.416 e. The third-order valence-electron chi connectivity index (χ3n) is 3.79. The first kappa shape index (κ1) is 16.0. The van der Waals surface area contributed by atoms with Gasteiger partial charge in [-0.2, -0.15) is 18.3 Å². The van der Waals surface area contributed by atoms with Crippen molar-refractivity contribution in [3.63, 3.8) is 0 Å². The monoisotopic (exact) mass is 335 g/mol. The van der Waals surface area contributed by atoms with Crippen LogP contribution >= 0.6 is 0 Å². The van der Waals surface area contributed by atoms with Crippen LogP contribution in [0.1, 0.15) is 23.1 Å². The van der Waals surface area contributed by atoms with E-state index in [4.69, 9.17) is 0 Å². The minimum Gasteiger partial charge on any atom is -0.271 e. The lowest BCUT2D eigenvalue weighted by Crippen LogP contribution is -2.07. The molecular formula is C16H12F3N3O2. The number of nitro benzene ring substituents is 1. The van der Waals surface area contributed by atoms with E-state index in [9.17, 15) is 23.3 Å². The van der Waals surface area contributed by atoms with Crippen LogP contribution in [0.25, 0.3) is 0 Å². The van der Waals surface area contributed by atoms with Gasteiger partial charge in [0.15, 0.2) is 0 Å². The summed E-state index contributed by atoms with van der Waals surface area (Å²) in [6, 6.07) is 9.95. The van der Waals surface area contributed by atoms with Crippen LogP contribution in [-0.2, 0) is 12.6 Å². The van der Waals surface area contributed by atoms with Crippen molar-refractivity contribution in [1.82, 2.24) is 0 Å². The molecule has 5 nitrogen and oxygen atoms in total. The second kappa shape index (κ2) is 5.95. The van der Waals surface area contributed by atoms with Crippen LogP contribution in [0.15, 0.2) is 47.6 Å². The first-order valence-electron chi connectivity index (χ1n) is 7.13. The van der Waals surface area contributed by atoms with Gasteiger partial charge in [0.1, 0.15) is 5.69 Å². The Bertz CT molecular complexity index is 832. The minimum absolute atomic E-state index is 0.0788. The van der Waals surface area contributed by atoms with Gasteiger partial charge in [0.05, 0.1) is 16.2 Å². The molecule has 0 radical (unpaired) electrons. The second-order valence-corrected chi connectivity index (χ2v) is 5.31. The molecule has 2 aromatic carbocycles. The molecule has 2 aromatic rings. The fraction of sp³-hybridized carbons (Fsp3) is 0.188. The highest BCUT2D eigenvalue weighted by molar-refractivity contribution is 6.04. The Balaban J connectivity index is 1.91. The molecule has 1 aliphatic carbocycles. The van der Waals surface area contributed by atoms with Gasteiger partial charge in [-0.15, -0.1) is 0 Å². The summed E-state index contributed by atoms with van der Waals surface area (Å²) < 4.78 is 38.1. The summed E-state index contributed by atoms with van der Waals surface area (Å²) in [5.41, 5.74) is 3.51. The summed E-state index contributed by atoms with van der Waals surface area (Å²) in [5.74, 6) is 0. The van der Waals surface area contributed by atoms with E-state index in [2.05, 4.69) is 10.5 Å². The van der Waals surface area contributed by atoms with Crippen molar-refractivity contribution in [2.45, 2.75) is 19.0 Å². The molecule has 0 atom stereocenters. The molecule has 0 heterocycles. The van der Waals surface area contributed by atoms with Gasteiger partial charge in [-0.05, 0) is 30.5 Å². The standard InChI is InChI=1S/C16H12F3N3O2/c17-16(18,19)11-6-8-14(15(9-11)22(23)24)21-20-13-7-5-10-3-1-2-4-12(10)13/h1-4,6,8-9,21H,5,7H2/b20-13-. The van der Waals surface area contributed by atoms with E-state index in [0.29, 0.717) is 12.5 Å². The van der Waals surface area contributed by atoms with Gasteiger partial charge in [-0.1, -0.05) is 24.3 Å². The van der Waals surface area contributed by atoms with Crippen molar-refractivity contribution in [1.29, 1.82) is 0 Å². The highest BCUT2D eigenvalue weighted by Gasteiger charge is 2.33. The van der Waals surface area contributed by atoms with E-state index >= 15 is 0 Å². The highest BCUT2D eigenvalue weighted by Crippen LogP contribution is 2.35. The SMILES string of the molecule is O=[N+]([O-])c1cc(C(F)(F)F)ccc1N/N=C1/CCc2ccccc21. The number of hydrogen-bond donors (Lipinski definition) is 1. The second-order valence-electron chi connectivity index (χ2n) is 5.31. The molecule has 0 fully saturated rings. The summed E-state index contributed by atoms with van der Waals surface area (Å²) in [7, 11) is 0. The first-order valence-corrected chi connectivity index (χ1v) is 7.13. The van der Waals surface area contributed by atoms with Gasteiger partial charge in [0.2, 0.25) is 0 Å². The van der Waals surface area contributed by atoms with Crippen molar-refractivity contribution in [2.75, 3.05) is 5.43 Å². The van der Waals surface area contributed by atoms with Crippen LogP contribution in [0, 0.1) is 10.1 Å². The molecule has 0 bridgehead atoms. The van der Waals surface area contributed by atoms with E-state index < -0.39 is 22.4 Å². The molecule has 0 amide bonds. The molecule has 0 unspecified atom stereocenters. The van der Waals surface area contributed by atoms with Crippen molar-refractivity contribution in [3.05, 3.63) is 69.3 Å². The van der Waals surface area contributed by atoms with Crippen LogP contribution < -0.4 is 5.43 Å². The normalized spacial score (nSPS) is 15.4. The number of anilines is 1. The third-order valence-corrected chi connectivity index (χ3v) is 3.79. The first-order chi connectivity index (χ1) is 11.4. The lowest BCUT2D eigenvalue weighted by Gasteiger charge is -2.09. The zero-order valence-corrected chi connectivity index (χ0v) is 12.3. The summed E-state index contributed by atoms with van der Waals surface area (Å²) in [6.45, 7) is 0. The van der Waals surface area contributed by atoms with Crippen LogP contribution in [0.4, 0.5) is 24.5 Å². The van der Waals surface area contributed by atoms with Crippen LogP contribution in [0.5, 0.6) is 0 Å². The largest absolute Gasteiger partial charge is 0.416 e. The van der Waals surface area contributed by atoms with E-state index in [0.717, 1.165) is 35.4 Å². The van der Waals surface area contributed by atoms with Gasteiger partial charge in [0, 0.05) is 11.6 Å². The zero-order chi connectivity index (χ0) is 17.3. The smallest absolute Gasteiger partial charge is 0.271 e. The fourth-order valence-electron chi connectivity index (χ4n) is 2.60. The molecule has 1 aliphatic rings. The quantitative estimate of drug-likeness (QED) is 0.669. The van der Waals surface area contributed by atoms with Gasteiger partial charge in [0.25, 0.3) is 5.69 Å². The van der Waals surface area contributed by atoms with Gasteiger partial charge in [-0.3, -0.25) is 15.5 Å². The average Bonchev–Trinajstić information content (AvgIpc) is 2.95. The maximum atomic E-state index is 12.7. The number of alkyl halides is 3. The van der Waals surface area contributed by atoms with Gasteiger partial charge < -0.3 is 0 Å². The van der Waals surface area contributed by atoms with Crippen LogP contribution in [0.2, 0.25) is 0 Å². The Labute approximate surface area is 135 Å². The van der Waals surface area contributed by atoms with E-state index in [1.807, 2.05) is 24.3 Å². The van der Waals surface area contributed by atoms with Crippen molar-refractivity contribution < 1.29 is 18.1 Å². The lowest BCUT2D eigenvalue weighted by molar-refractivity contribution is -0.384. The predicted octanol–water partition coefficient (Wildman–Crippen LogP) is 4.38. The minimum atomic E-state index is -4.64. The summed E-state index contributed by atoms with van der Waals surface area (Å²) >= 11 is 0. The molecule has 24 heavy (non-hydrogen) atoms. The number of benzene rings is 2. The Morgan fingerprint density at radius 3 is 2.58 bits per heavy atom. The van der Waals surface area contributed by atoms with Gasteiger partial charge >= 0.3 is 6.18 Å². The topological polar surface area (TPSA) is 67.5 Å². The van der Waals surface area contributed by atoms with Crippen molar-refractivity contribution >= 4 is 17.1 Å². The zero-order valence-electron chi connectivity index (χ0n) is 12.3. The molecule has 8 heteroatoms. The Morgan fingerprint density at radius 2 is 1.88 bits per heavy atom. The van der Waals surface area contributed by atoms with E-state index in [1.54, 1.807) is 0 Å². The highest BCUT2D eigenvalue weighted by atomic mass is 19.4. The summed E-state index contributed by atoms with van der Waals surface area (Å²) in [4.78, 5) is 10.2. The number of rotatable bonds is 3. The van der Waals surface area contributed by atoms with Crippen molar-refractivity contribution in [2.24, 2.45) is 5.10 Å². The molecule has 0 spiro atoms. The third kappa shape index (κ3) is 3.08. The maximum absolute atomic E-state index is 12.7. The molecule has 0 saturated carbocycles. The summed E-state index contributed by atoms with van der Waals surface area (Å²) in [5, 5.41) is 15.2. The number of nitrogens with one attached hydrogen (secondary N) is 1. The Kier molecular flexibility index (Phi) is 3.96. The van der Waals surface area contributed by atoms with Crippen LogP contribution in [-0.4, -0.2) is 10.6 Å². The van der Waals surface area contributed by atoms with Crippen molar-refractivity contribution in [3.8, 4) is 0 Å².